The topological polar surface area (TPSA) is 80.0 Å². The van der Waals surface area contributed by atoms with Crippen LogP contribution in [0.2, 0.25) is 0 Å². The molecule has 1 saturated carbocycles. The molecule has 2 heterocycles. The van der Waals surface area contributed by atoms with Crippen molar-refractivity contribution in [3.05, 3.63) is 47.0 Å². The van der Waals surface area contributed by atoms with E-state index in [-0.39, 0.29) is 18.1 Å². The van der Waals surface area contributed by atoms with Crippen molar-refractivity contribution in [2.75, 3.05) is 0 Å². The number of pyridine rings is 1. The van der Waals surface area contributed by atoms with Crippen molar-refractivity contribution in [2.24, 2.45) is 5.92 Å². The molecule has 0 radical (unpaired) electrons. The van der Waals surface area contributed by atoms with Gasteiger partial charge < -0.3 is 10.4 Å². The van der Waals surface area contributed by atoms with Gasteiger partial charge in [0.1, 0.15) is 0 Å². The molecule has 1 amide bonds. The summed E-state index contributed by atoms with van der Waals surface area (Å²) in [6, 6.07) is 3.95. The average Bonchev–Trinajstić information content (AvgIpc) is 2.86. The summed E-state index contributed by atoms with van der Waals surface area (Å²) < 4.78 is 1.86. The lowest BCUT2D eigenvalue weighted by Crippen LogP contribution is -2.48. The lowest BCUT2D eigenvalue weighted by Gasteiger charge is -2.38. The van der Waals surface area contributed by atoms with E-state index in [0.29, 0.717) is 11.5 Å². The van der Waals surface area contributed by atoms with E-state index in [0.717, 1.165) is 42.8 Å². The Hall–Kier alpha value is -2.21. The molecule has 6 heteroatoms. The lowest BCUT2D eigenvalue weighted by atomic mass is 9.75. The summed E-state index contributed by atoms with van der Waals surface area (Å²) in [7, 11) is 0. The van der Waals surface area contributed by atoms with Gasteiger partial charge in [-0.15, -0.1) is 0 Å². The van der Waals surface area contributed by atoms with Crippen molar-refractivity contribution in [1.82, 2.24) is 20.1 Å². The SMILES string of the molecule is CCn1nc(C)c(C(=O)N[C@@H](Cc2ccncc2)C2CC(O)C2)c1C. The van der Waals surface area contributed by atoms with E-state index in [4.69, 9.17) is 0 Å². The van der Waals surface area contributed by atoms with Crippen LogP contribution in [0.4, 0.5) is 0 Å². The fourth-order valence-electron chi connectivity index (χ4n) is 3.64. The molecule has 0 bridgehead atoms. The Kier molecular flexibility index (Phi) is 5.18. The van der Waals surface area contributed by atoms with E-state index in [1.54, 1.807) is 12.4 Å². The Labute approximate surface area is 148 Å². The van der Waals surface area contributed by atoms with Crippen LogP contribution in [0.5, 0.6) is 0 Å². The molecule has 6 nitrogen and oxygen atoms in total. The zero-order chi connectivity index (χ0) is 18.0. The summed E-state index contributed by atoms with van der Waals surface area (Å²) in [5.41, 5.74) is 3.46. The number of carbonyl (C=O) groups is 1. The highest BCUT2D eigenvalue weighted by Gasteiger charge is 2.35. The fourth-order valence-corrected chi connectivity index (χ4v) is 3.64. The first-order valence-corrected chi connectivity index (χ1v) is 8.91. The number of aliphatic hydroxyl groups is 1. The second kappa shape index (κ2) is 7.35. The van der Waals surface area contributed by atoms with E-state index >= 15 is 0 Å². The quantitative estimate of drug-likeness (QED) is 0.842. The second-order valence-corrected chi connectivity index (χ2v) is 6.89. The molecule has 3 rings (SSSR count). The van der Waals surface area contributed by atoms with Crippen LogP contribution in [0.15, 0.2) is 24.5 Å². The zero-order valence-corrected chi connectivity index (χ0v) is 15.1. The second-order valence-electron chi connectivity index (χ2n) is 6.89. The Morgan fingerprint density at radius 1 is 1.36 bits per heavy atom. The molecule has 1 aliphatic rings. The number of amides is 1. The molecule has 2 N–H and O–H groups in total. The van der Waals surface area contributed by atoms with Crippen LogP contribution in [0.3, 0.4) is 0 Å². The van der Waals surface area contributed by atoms with Crippen molar-refractivity contribution in [2.45, 2.75) is 58.7 Å². The largest absolute Gasteiger partial charge is 0.393 e. The number of rotatable bonds is 6. The molecule has 0 saturated heterocycles. The van der Waals surface area contributed by atoms with Crippen LogP contribution in [0.1, 0.15) is 47.1 Å². The predicted octanol–water partition coefficient (Wildman–Crippen LogP) is 2.03. The minimum Gasteiger partial charge on any atom is -0.393 e. The van der Waals surface area contributed by atoms with Gasteiger partial charge in [0.15, 0.2) is 0 Å². The van der Waals surface area contributed by atoms with E-state index in [9.17, 15) is 9.90 Å². The summed E-state index contributed by atoms with van der Waals surface area (Å²) in [6.45, 7) is 6.57. The maximum Gasteiger partial charge on any atom is 0.255 e. The number of nitrogens with zero attached hydrogens (tertiary/aromatic N) is 3. The minimum absolute atomic E-state index is 0.00192. The average molecular weight is 342 g/mol. The third-order valence-electron chi connectivity index (χ3n) is 5.15. The standard InChI is InChI=1S/C19H26N4O2/c1-4-23-13(3)18(12(2)22-23)19(25)21-17(15-10-16(24)11-15)9-14-5-7-20-8-6-14/h5-8,15-17,24H,4,9-11H2,1-3H3,(H,21,25)/t15?,16?,17-/m0/s1. The fraction of sp³-hybridized carbons (Fsp3) is 0.526. The number of hydrogen-bond donors (Lipinski definition) is 2. The van der Waals surface area contributed by atoms with Gasteiger partial charge in [0.05, 0.1) is 17.4 Å². The number of hydrogen-bond acceptors (Lipinski definition) is 4. The van der Waals surface area contributed by atoms with Crippen molar-refractivity contribution in [3.8, 4) is 0 Å². The van der Waals surface area contributed by atoms with E-state index < -0.39 is 0 Å². The van der Waals surface area contributed by atoms with Gasteiger partial charge in [-0.2, -0.15) is 5.10 Å². The molecular weight excluding hydrogens is 316 g/mol. The third kappa shape index (κ3) is 3.74. The van der Waals surface area contributed by atoms with Crippen LogP contribution >= 0.6 is 0 Å². The zero-order valence-electron chi connectivity index (χ0n) is 15.1. The molecule has 2 aromatic rings. The van der Waals surface area contributed by atoms with E-state index in [2.05, 4.69) is 15.4 Å². The van der Waals surface area contributed by atoms with E-state index in [1.165, 1.54) is 0 Å². The summed E-state index contributed by atoms with van der Waals surface area (Å²) in [5, 5.41) is 17.3. The molecular formula is C19H26N4O2. The third-order valence-corrected chi connectivity index (χ3v) is 5.15. The Morgan fingerprint density at radius 2 is 2.04 bits per heavy atom. The van der Waals surface area contributed by atoms with Crippen LogP contribution in [0, 0.1) is 19.8 Å². The smallest absolute Gasteiger partial charge is 0.255 e. The Morgan fingerprint density at radius 3 is 2.60 bits per heavy atom. The minimum atomic E-state index is -0.242. The molecule has 1 atom stereocenters. The van der Waals surface area contributed by atoms with E-state index in [1.807, 2.05) is 37.6 Å². The molecule has 134 valence electrons. The molecule has 0 aromatic carbocycles. The van der Waals surface area contributed by atoms with Crippen molar-refractivity contribution in [3.63, 3.8) is 0 Å². The van der Waals surface area contributed by atoms with Crippen LogP contribution < -0.4 is 5.32 Å². The first-order chi connectivity index (χ1) is 12.0. The maximum atomic E-state index is 12.9. The molecule has 0 unspecified atom stereocenters. The summed E-state index contributed by atoms with van der Waals surface area (Å²) in [4.78, 5) is 17.0. The van der Waals surface area contributed by atoms with Gasteiger partial charge in [-0.3, -0.25) is 14.5 Å². The maximum absolute atomic E-state index is 12.9. The number of aryl methyl sites for hydroxylation is 2. The number of carbonyl (C=O) groups excluding carboxylic acids is 1. The van der Waals surface area contributed by atoms with Gasteiger partial charge >= 0.3 is 0 Å². The van der Waals surface area contributed by atoms with Gasteiger partial charge in [-0.25, -0.2) is 0 Å². The first-order valence-electron chi connectivity index (χ1n) is 8.91. The number of nitrogens with one attached hydrogen (secondary N) is 1. The molecule has 1 aliphatic carbocycles. The number of aliphatic hydroxyl groups excluding tert-OH is 1. The van der Waals surface area contributed by atoms with Gasteiger partial charge in [0.25, 0.3) is 5.91 Å². The molecule has 0 aliphatic heterocycles. The highest BCUT2D eigenvalue weighted by molar-refractivity contribution is 5.96. The van der Waals surface area contributed by atoms with Crippen LogP contribution in [-0.2, 0) is 13.0 Å². The Balaban J connectivity index is 1.78. The van der Waals surface area contributed by atoms with Gasteiger partial charge in [-0.1, -0.05) is 0 Å². The number of aromatic nitrogens is 3. The Bertz CT molecular complexity index is 735. The van der Waals surface area contributed by atoms with Crippen molar-refractivity contribution < 1.29 is 9.90 Å². The molecule has 25 heavy (non-hydrogen) atoms. The van der Waals surface area contributed by atoms with Crippen molar-refractivity contribution >= 4 is 5.91 Å². The lowest BCUT2D eigenvalue weighted by molar-refractivity contribution is 0.0239. The van der Waals surface area contributed by atoms with Gasteiger partial charge in [0.2, 0.25) is 0 Å². The summed E-state index contributed by atoms with van der Waals surface area (Å²) in [5.74, 6) is 0.226. The summed E-state index contributed by atoms with van der Waals surface area (Å²) >= 11 is 0. The van der Waals surface area contributed by atoms with Crippen LogP contribution in [0.25, 0.3) is 0 Å². The normalized spacial score (nSPS) is 20.8. The van der Waals surface area contributed by atoms with Gasteiger partial charge in [-0.05, 0) is 63.6 Å². The first kappa shape index (κ1) is 17.6. The summed E-state index contributed by atoms with van der Waals surface area (Å²) in [6.07, 6.45) is 5.51. The highest BCUT2D eigenvalue weighted by Crippen LogP contribution is 2.32. The molecule has 0 spiro atoms. The van der Waals surface area contributed by atoms with Crippen molar-refractivity contribution in [1.29, 1.82) is 0 Å². The van der Waals surface area contributed by atoms with Gasteiger partial charge in [0, 0.05) is 30.7 Å². The highest BCUT2D eigenvalue weighted by atomic mass is 16.3. The molecule has 2 aromatic heterocycles. The monoisotopic (exact) mass is 342 g/mol. The molecule has 1 fully saturated rings. The predicted molar refractivity (Wildman–Crippen MR) is 95.3 cm³/mol. The van der Waals surface area contributed by atoms with Crippen LogP contribution in [-0.4, -0.2) is 37.9 Å².